The zero-order valence-corrected chi connectivity index (χ0v) is 14.2. The summed E-state index contributed by atoms with van der Waals surface area (Å²) in [5, 5.41) is 3.33. The van der Waals surface area contributed by atoms with Crippen molar-refractivity contribution >= 4 is 28.7 Å². The molecule has 2 aromatic carbocycles. The van der Waals surface area contributed by atoms with Crippen molar-refractivity contribution < 1.29 is 23.9 Å². The highest BCUT2D eigenvalue weighted by molar-refractivity contribution is 6.07. The van der Waals surface area contributed by atoms with Gasteiger partial charge in [-0.15, -0.1) is 0 Å². The van der Waals surface area contributed by atoms with Crippen molar-refractivity contribution in [2.75, 3.05) is 7.11 Å². The molecule has 0 bridgehead atoms. The summed E-state index contributed by atoms with van der Waals surface area (Å²) >= 11 is 0. The number of rotatable bonds is 5. The molecule has 0 aliphatic heterocycles. The van der Waals surface area contributed by atoms with Gasteiger partial charge in [-0.3, -0.25) is 10.1 Å². The number of nitrogens with two attached hydrogens (primary N) is 1. The number of carbonyl (C=O) groups is 3. The predicted molar refractivity (Wildman–Crippen MR) is 92.3 cm³/mol. The highest BCUT2D eigenvalue weighted by atomic mass is 16.5. The number of amides is 3. The van der Waals surface area contributed by atoms with Crippen LogP contribution in [0, 0.1) is 5.92 Å². The fourth-order valence-corrected chi connectivity index (χ4v) is 2.49. The van der Waals surface area contributed by atoms with Crippen molar-refractivity contribution in [2.45, 2.75) is 20.0 Å². The quantitative estimate of drug-likeness (QED) is 0.809. The number of methoxy groups -OCH3 is 1. The molecule has 0 spiro atoms. The first-order valence-corrected chi connectivity index (χ1v) is 7.72. The number of carbonyl (C=O) groups excluding carboxylic acids is 3. The van der Waals surface area contributed by atoms with Crippen LogP contribution in [0.1, 0.15) is 24.2 Å². The molecule has 2 rings (SSSR count). The Hall–Kier alpha value is -3.09. The second-order valence-electron chi connectivity index (χ2n) is 5.78. The number of urea groups is 1. The van der Waals surface area contributed by atoms with Crippen molar-refractivity contribution in [3.8, 4) is 5.75 Å². The van der Waals surface area contributed by atoms with Gasteiger partial charge in [0, 0.05) is 5.39 Å². The zero-order valence-electron chi connectivity index (χ0n) is 14.2. The smallest absolute Gasteiger partial charge is 0.339 e. The molecule has 0 aliphatic carbocycles. The molecule has 0 heterocycles. The maximum absolute atomic E-state index is 12.6. The summed E-state index contributed by atoms with van der Waals surface area (Å²) < 4.78 is 10.6. The summed E-state index contributed by atoms with van der Waals surface area (Å²) in [6.45, 7) is 3.40. The minimum Gasteiger partial charge on any atom is -0.496 e. The molecule has 0 aromatic heterocycles. The van der Waals surface area contributed by atoms with Gasteiger partial charge in [-0.05, 0) is 23.4 Å². The zero-order chi connectivity index (χ0) is 18.6. The van der Waals surface area contributed by atoms with E-state index in [-0.39, 0.29) is 5.92 Å². The Morgan fingerprint density at radius 1 is 1.04 bits per heavy atom. The maximum atomic E-state index is 12.6. The number of hydrogen-bond acceptors (Lipinski definition) is 5. The Bertz CT molecular complexity index is 816. The lowest BCUT2D eigenvalue weighted by molar-refractivity contribution is -0.130. The third-order valence-electron chi connectivity index (χ3n) is 3.67. The molecule has 3 amide bonds. The second kappa shape index (κ2) is 7.65. The Balaban J connectivity index is 2.35. The molecular weight excluding hydrogens is 324 g/mol. The number of ether oxygens (including phenoxy) is 2. The maximum Gasteiger partial charge on any atom is 0.339 e. The lowest BCUT2D eigenvalue weighted by Gasteiger charge is -2.20. The van der Waals surface area contributed by atoms with E-state index in [1.165, 1.54) is 0 Å². The van der Waals surface area contributed by atoms with E-state index in [9.17, 15) is 14.4 Å². The molecule has 132 valence electrons. The third kappa shape index (κ3) is 4.06. The molecule has 0 saturated carbocycles. The normalized spacial score (nSPS) is 11.8. The van der Waals surface area contributed by atoms with Gasteiger partial charge in [0.15, 0.2) is 6.10 Å². The number of esters is 1. The molecule has 2 aromatic rings. The number of imide groups is 1. The van der Waals surface area contributed by atoms with Crippen LogP contribution < -0.4 is 15.8 Å². The van der Waals surface area contributed by atoms with Crippen LogP contribution in [0.15, 0.2) is 36.4 Å². The van der Waals surface area contributed by atoms with E-state index in [0.717, 1.165) is 5.39 Å². The van der Waals surface area contributed by atoms with E-state index >= 15 is 0 Å². The SMILES string of the molecule is COc1ccc(C(=O)O[C@H](C(=O)NC(N)=O)C(C)C)c2ccccc12. The summed E-state index contributed by atoms with van der Waals surface area (Å²) in [6, 6.07) is 9.45. The van der Waals surface area contributed by atoms with Crippen molar-refractivity contribution in [2.24, 2.45) is 11.7 Å². The van der Waals surface area contributed by atoms with Crippen molar-refractivity contribution in [3.63, 3.8) is 0 Å². The first kappa shape index (κ1) is 18.3. The largest absolute Gasteiger partial charge is 0.496 e. The van der Waals surface area contributed by atoms with E-state index in [1.807, 2.05) is 17.4 Å². The van der Waals surface area contributed by atoms with E-state index in [4.69, 9.17) is 15.2 Å². The van der Waals surface area contributed by atoms with Crippen LogP contribution in [0.3, 0.4) is 0 Å². The highest BCUT2D eigenvalue weighted by Crippen LogP contribution is 2.29. The number of primary amides is 1. The van der Waals surface area contributed by atoms with Gasteiger partial charge in [0.25, 0.3) is 5.91 Å². The first-order chi connectivity index (χ1) is 11.8. The summed E-state index contributed by atoms with van der Waals surface area (Å²) in [5.41, 5.74) is 5.25. The van der Waals surface area contributed by atoms with Gasteiger partial charge in [0.2, 0.25) is 0 Å². The Morgan fingerprint density at radius 3 is 2.24 bits per heavy atom. The second-order valence-corrected chi connectivity index (χ2v) is 5.78. The molecular formula is C18H20N2O5. The van der Waals surface area contributed by atoms with Crippen molar-refractivity contribution in [1.29, 1.82) is 0 Å². The lowest BCUT2D eigenvalue weighted by atomic mass is 10.0. The topological polar surface area (TPSA) is 108 Å². The van der Waals surface area contributed by atoms with Gasteiger partial charge in [0.05, 0.1) is 12.7 Å². The Kier molecular flexibility index (Phi) is 5.59. The molecule has 0 radical (unpaired) electrons. The highest BCUT2D eigenvalue weighted by Gasteiger charge is 2.28. The summed E-state index contributed by atoms with van der Waals surface area (Å²) in [5.74, 6) is -1.14. The summed E-state index contributed by atoms with van der Waals surface area (Å²) in [7, 11) is 1.54. The molecule has 0 saturated heterocycles. The minimum absolute atomic E-state index is 0.300. The monoisotopic (exact) mass is 344 g/mol. The molecule has 7 heteroatoms. The van der Waals surface area contributed by atoms with E-state index < -0.39 is 24.0 Å². The van der Waals surface area contributed by atoms with E-state index in [1.54, 1.807) is 45.2 Å². The number of benzene rings is 2. The average Bonchev–Trinajstić information content (AvgIpc) is 2.57. The van der Waals surface area contributed by atoms with E-state index in [0.29, 0.717) is 16.7 Å². The number of fused-ring (bicyclic) bond motifs is 1. The molecule has 7 nitrogen and oxygen atoms in total. The van der Waals surface area contributed by atoms with Gasteiger partial charge in [-0.1, -0.05) is 38.1 Å². The standard InChI is InChI=1S/C18H20N2O5/c1-10(2)15(16(21)20-18(19)23)25-17(22)13-8-9-14(24-3)12-7-5-4-6-11(12)13/h4-10,15H,1-3H3,(H3,19,20,21,23)/t15-/m0/s1. The lowest BCUT2D eigenvalue weighted by Crippen LogP contribution is -2.45. The molecule has 1 atom stereocenters. The number of hydrogen-bond donors (Lipinski definition) is 2. The molecule has 0 unspecified atom stereocenters. The molecule has 0 aliphatic rings. The fourth-order valence-electron chi connectivity index (χ4n) is 2.49. The average molecular weight is 344 g/mol. The van der Waals surface area contributed by atoms with Crippen LogP contribution in [-0.2, 0) is 9.53 Å². The first-order valence-electron chi connectivity index (χ1n) is 7.72. The number of nitrogens with one attached hydrogen (secondary N) is 1. The van der Waals surface area contributed by atoms with Crippen molar-refractivity contribution in [1.82, 2.24) is 5.32 Å². The van der Waals surface area contributed by atoms with E-state index in [2.05, 4.69) is 0 Å². The third-order valence-corrected chi connectivity index (χ3v) is 3.67. The fraction of sp³-hybridized carbons (Fsp3) is 0.278. The Morgan fingerprint density at radius 2 is 1.68 bits per heavy atom. The van der Waals surface area contributed by atoms with Gasteiger partial charge in [-0.25, -0.2) is 9.59 Å². The predicted octanol–water partition coefficient (Wildman–Crippen LogP) is 2.22. The molecule has 0 fully saturated rings. The van der Waals surface area contributed by atoms with Crippen molar-refractivity contribution in [3.05, 3.63) is 42.0 Å². The Labute approximate surface area is 145 Å². The van der Waals surface area contributed by atoms with Crippen LogP contribution in [0.4, 0.5) is 4.79 Å². The summed E-state index contributed by atoms with van der Waals surface area (Å²) in [6.07, 6.45) is -1.14. The molecule has 3 N–H and O–H groups in total. The van der Waals surface area contributed by atoms with Crippen LogP contribution in [0.2, 0.25) is 0 Å². The van der Waals surface area contributed by atoms with Gasteiger partial charge in [-0.2, -0.15) is 0 Å². The van der Waals surface area contributed by atoms with Gasteiger partial charge < -0.3 is 15.2 Å². The minimum atomic E-state index is -1.14. The summed E-state index contributed by atoms with van der Waals surface area (Å²) in [4.78, 5) is 35.5. The van der Waals surface area contributed by atoms with Gasteiger partial charge >= 0.3 is 12.0 Å². The van der Waals surface area contributed by atoms with Crippen LogP contribution in [0.5, 0.6) is 5.75 Å². The van der Waals surface area contributed by atoms with Crippen LogP contribution in [-0.4, -0.2) is 31.1 Å². The molecule has 25 heavy (non-hydrogen) atoms. The van der Waals surface area contributed by atoms with Crippen LogP contribution >= 0.6 is 0 Å². The van der Waals surface area contributed by atoms with Crippen LogP contribution in [0.25, 0.3) is 10.8 Å². The van der Waals surface area contributed by atoms with Gasteiger partial charge in [0.1, 0.15) is 5.75 Å².